The van der Waals surface area contributed by atoms with Gasteiger partial charge in [0.2, 0.25) is 11.7 Å². The number of carbonyl (C=O) groups excluding carboxylic acids is 1. The van der Waals surface area contributed by atoms with Crippen molar-refractivity contribution in [1.29, 1.82) is 0 Å². The first-order chi connectivity index (χ1) is 10.6. The average Bonchev–Trinajstić information content (AvgIpc) is 2.97. The quantitative estimate of drug-likeness (QED) is 0.649. The summed E-state index contributed by atoms with van der Waals surface area (Å²) in [5.74, 6) is -1.75. The van der Waals surface area contributed by atoms with Crippen LogP contribution in [0.15, 0.2) is 4.52 Å². The summed E-state index contributed by atoms with van der Waals surface area (Å²) in [4.78, 5) is 25.7. The van der Waals surface area contributed by atoms with Gasteiger partial charge >= 0.3 is 5.97 Å². The van der Waals surface area contributed by atoms with E-state index in [2.05, 4.69) is 10.1 Å². The third-order valence-corrected chi connectivity index (χ3v) is 4.30. The zero-order chi connectivity index (χ0) is 15.9. The van der Waals surface area contributed by atoms with Crippen molar-refractivity contribution < 1.29 is 60.5 Å². The van der Waals surface area contributed by atoms with Crippen LogP contribution in [0.25, 0.3) is 5.73 Å². The molecule has 1 aliphatic rings. The van der Waals surface area contributed by atoms with E-state index in [1.165, 1.54) is 32.1 Å². The summed E-state index contributed by atoms with van der Waals surface area (Å²) in [6.45, 7) is 0. The van der Waals surface area contributed by atoms with Crippen molar-refractivity contribution in [2.75, 3.05) is 0 Å². The van der Waals surface area contributed by atoms with Crippen LogP contribution in [0.1, 0.15) is 80.2 Å². The molecule has 1 fully saturated rings. The van der Waals surface area contributed by atoms with Crippen molar-refractivity contribution >= 4 is 11.9 Å². The molecule has 0 aliphatic heterocycles. The number of nitrogens with one attached hydrogen (secondary N) is 1. The van der Waals surface area contributed by atoms with Crippen molar-refractivity contribution in [3.8, 4) is 0 Å². The van der Waals surface area contributed by atoms with E-state index in [0.717, 1.165) is 18.8 Å². The van der Waals surface area contributed by atoms with E-state index in [4.69, 9.17) is 15.4 Å². The normalized spacial score (nSPS) is 16.5. The van der Waals surface area contributed by atoms with Gasteiger partial charge in [0.1, 0.15) is 5.91 Å². The maximum Gasteiger partial charge on any atom is 0.304 e. The number of carbonyl (C=O) groups is 2. The molecule has 1 saturated carbocycles. The Morgan fingerprint density at radius 3 is 2.57 bits per heavy atom. The molecule has 1 radical (unpaired) electrons. The van der Waals surface area contributed by atoms with Gasteiger partial charge in [-0.25, -0.2) is 0 Å². The summed E-state index contributed by atoms with van der Waals surface area (Å²) < 4.78 is 4.97. The summed E-state index contributed by atoms with van der Waals surface area (Å²) in [6.07, 6.45) is 9.00. The summed E-state index contributed by atoms with van der Waals surface area (Å²) in [6, 6.07) is 0. The fraction of sp³-hybridized carbons (Fsp3) is 0.733. The number of nitrogens with zero attached hydrogens (tertiary/aromatic N) is 2. The summed E-state index contributed by atoms with van der Waals surface area (Å²) in [7, 11) is 0. The zero-order valence-electron chi connectivity index (χ0n) is 13.2. The number of carboxylic acid groups (broad SMARTS) is 1. The van der Waals surface area contributed by atoms with Gasteiger partial charge in [0.15, 0.2) is 0 Å². The second-order valence-corrected chi connectivity index (χ2v) is 6.02. The Hall–Kier alpha value is -0.556. The van der Waals surface area contributed by atoms with Crippen molar-refractivity contribution in [3.05, 3.63) is 17.4 Å². The topological polar surface area (TPSA) is 117 Å². The molecule has 0 unspecified atom stereocenters. The first-order valence-corrected chi connectivity index (χ1v) is 7.87. The smallest absolute Gasteiger partial charge is 0.304 e. The van der Waals surface area contributed by atoms with Gasteiger partial charge in [-0.3, -0.25) is 4.79 Å². The average molecular weight is 449 g/mol. The molecule has 2 N–H and O–H groups in total. The van der Waals surface area contributed by atoms with Crippen LogP contribution in [0, 0.1) is 47.2 Å². The molecule has 125 valence electrons. The first-order valence-electron chi connectivity index (χ1n) is 7.87. The van der Waals surface area contributed by atoms with Gasteiger partial charge in [0.05, 0.1) is 6.42 Å². The van der Waals surface area contributed by atoms with Crippen molar-refractivity contribution in [3.63, 3.8) is 0 Å². The Bertz CT molecular complexity index is 515. The van der Waals surface area contributed by atoms with Crippen LogP contribution in [0.5, 0.6) is 0 Å². The van der Waals surface area contributed by atoms with Gasteiger partial charge in [0, 0.05) is 47.2 Å². The predicted octanol–water partition coefficient (Wildman–Crippen LogP) is 3.57. The van der Waals surface area contributed by atoms with Gasteiger partial charge in [0.25, 0.3) is 0 Å². The number of carboxylic acids is 1. The van der Waals surface area contributed by atoms with Crippen molar-refractivity contribution in [2.45, 2.75) is 63.7 Å². The monoisotopic (exact) mass is 449 g/mol. The zero-order valence-corrected chi connectivity index (χ0v) is 16.9. The van der Waals surface area contributed by atoms with Crippen LogP contribution in [0.2, 0.25) is 0 Å². The van der Waals surface area contributed by atoms with E-state index in [1.807, 2.05) is 0 Å². The maximum atomic E-state index is 11.0. The van der Waals surface area contributed by atoms with Gasteiger partial charge < -0.3 is 20.2 Å². The number of aliphatic carboxylic acids is 1. The predicted molar refractivity (Wildman–Crippen MR) is 78.4 cm³/mol. The molecule has 1 aliphatic carbocycles. The van der Waals surface area contributed by atoms with Crippen molar-refractivity contribution in [1.82, 2.24) is 10.1 Å². The molecule has 0 saturated heterocycles. The Kier molecular flexibility index (Phi) is 9.21. The third-order valence-electron chi connectivity index (χ3n) is 4.30. The second kappa shape index (κ2) is 10.3. The molecule has 0 aromatic carbocycles. The van der Waals surface area contributed by atoms with Crippen LogP contribution in [-0.4, -0.2) is 27.1 Å². The molecule has 1 aromatic heterocycles. The van der Waals surface area contributed by atoms with E-state index < -0.39 is 11.9 Å². The summed E-state index contributed by atoms with van der Waals surface area (Å²) in [5, 5.41) is 12.4. The van der Waals surface area contributed by atoms with Gasteiger partial charge in [-0.05, 0) is 12.3 Å². The van der Waals surface area contributed by atoms with Crippen LogP contribution in [-0.2, 0) is 4.79 Å². The van der Waals surface area contributed by atoms with Crippen molar-refractivity contribution in [2.24, 2.45) is 5.92 Å². The largest absolute Gasteiger partial charge is 0.661 e. The molecule has 8 heteroatoms. The van der Waals surface area contributed by atoms with E-state index >= 15 is 0 Å². The number of amides is 1. The SMILES string of the molecule is [NH-]C(=O)c1noc([C@H](CCCC2CCCCC2)CC(=O)O)n1.[Pr]. The third kappa shape index (κ3) is 6.83. The number of aromatic nitrogens is 2. The Labute approximate surface area is 168 Å². The van der Waals surface area contributed by atoms with Gasteiger partial charge in [-0.2, -0.15) is 4.98 Å². The minimum atomic E-state index is -1.02. The molecule has 0 bridgehead atoms. The number of rotatable bonds is 8. The Morgan fingerprint density at radius 2 is 2.00 bits per heavy atom. The van der Waals surface area contributed by atoms with Crippen LogP contribution >= 0.6 is 0 Å². The minimum absolute atomic E-state index is 0. The Morgan fingerprint density at radius 1 is 1.30 bits per heavy atom. The standard InChI is InChI=1S/C15H23N3O4.Pr/c16-13(21)14-17-15(22-18-14)11(9-12(19)20)8-4-7-10-5-2-1-3-6-10;/h10-11H,1-9H2,(H3,16,19,20,21);/p-1/t11-;/m1./s1. The molecular weight excluding hydrogens is 427 g/mol. The van der Waals surface area contributed by atoms with E-state index in [-0.39, 0.29) is 65.3 Å². The molecule has 1 heterocycles. The minimum Gasteiger partial charge on any atom is -0.661 e. The van der Waals surface area contributed by atoms with E-state index in [9.17, 15) is 9.59 Å². The number of hydrogen-bond acceptors (Lipinski definition) is 5. The fourth-order valence-corrected chi connectivity index (χ4v) is 3.15. The van der Waals surface area contributed by atoms with Gasteiger partial charge in [-0.15, -0.1) is 0 Å². The fourth-order valence-electron chi connectivity index (χ4n) is 3.15. The Balaban J connectivity index is 0.00000264. The molecule has 0 spiro atoms. The molecule has 2 rings (SSSR count). The van der Waals surface area contributed by atoms with E-state index in [1.54, 1.807) is 0 Å². The summed E-state index contributed by atoms with van der Waals surface area (Å²) >= 11 is 0. The van der Waals surface area contributed by atoms with Crippen LogP contribution in [0.4, 0.5) is 0 Å². The molecule has 23 heavy (non-hydrogen) atoms. The molecule has 7 nitrogen and oxygen atoms in total. The summed E-state index contributed by atoms with van der Waals surface area (Å²) in [5.41, 5.74) is 6.95. The second-order valence-electron chi connectivity index (χ2n) is 6.02. The molecule has 1 amide bonds. The molecular formula is C15H22N3O4Pr-. The first kappa shape index (κ1) is 20.5. The molecule has 1 aromatic rings. The van der Waals surface area contributed by atoms with Gasteiger partial charge in [-0.1, -0.05) is 50.1 Å². The van der Waals surface area contributed by atoms with Crippen LogP contribution < -0.4 is 0 Å². The van der Waals surface area contributed by atoms with Crippen LogP contribution in [0.3, 0.4) is 0 Å². The maximum absolute atomic E-state index is 11.0. The number of hydrogen-bond donors (Lipinski definition) is 1. The van der Waals surface area contributed by atoms with E-state index in [0.29, 0.717) is 6.42 Å². The molecule has 1 atom stereocenters.